The van der Waals surface area contributed by atoms with Crippen molar-refractivity contribution in [2.24, 2.45) is 7.05 Å². The van der Waals surface area contributed by atoms with Crippen LogP contribution in [0.15, 0.2) is 18.2 Å². The first-order valence-electron chi connectivity index (χ1n) is 6.45. The first-order valence-corrected chi connectivity index (χ1v) is 6.45. The molecule has 0 radical (unpaired) electrons. The molecular weight excluding hydrogens is 238 g/mol. The van der Waals surface area contributed by atoms with E-state index in [4.69, 9.17) is 4.74 Å². The number of benzene rings is 1. The van der Waals surface area contributed by atoms with Crippen molar-refractivity contribution in [1.29, 1.82) is 0 Å². The van der Waals surface area contributed by atoms with Crippen LogP contribution in [0.2, 0.25) is 0 Å². The lowest BCUT2D eigenvalue weighted by atomic mass is 10.1. The Kier molecular flexibility index (Phi) is 3.90. The van der Waals surface area contributed by atoms with Gasteiger partial charge in [0.1, 0.15) is 11.4 Å². The van der Waals surface area contributed by atoms with Crippen LogP contribution in [0.1, 0.15) is 22.5 Å². The van der Waals surface area contributed by atoms with Crippen LogP contribution in [0.3, 0.4) is 0 Å². The summed E-state index contributed by atoms with van der Waals surface area (Å²) in [4.78, 5) is 0. The van der Waals surface area contributed by atoms with E-state index in [0.29, 0.717) is 0 Å². The molecule has 102 valence electrons. The average molecular weight is 259 g/mol. The number of rotatable bonds is 4. The molecule has 1 aromatic carbocycles. The quantitative estimate of drug-likeness (QED) is 0.917. The molecule has 4 heteroatoms. The molecule has 4 nitrogen and oxygen atoms in total. The third-order valence-electron chi connectivity index (χ3n) is 3.27. The van der Waals surface area contributed by atoms with Crippen LogP contribution in [0.5, 0.6) is 11.5 Å². The molecule has 2 aromatic rings. The maximum absolute atomic E-state index is 6.02. The Hall–Kier alpha value is -1.81. The zero-order valence-corrected chi connectivity index (χ0v) is 12.2. The van der Waals surface area contributed by atoms with Crippen LogP contribution in [0, 0.1) is 20.8 Å². The van der Waals surface area contributed by atoms with Gasteiger partial charge in [-0.05, 0) is 45.0 Å². The van der Waals surface area contributed by atoms with Gasteiger partial charge in [-0.3, -0.25) is 4.68 Å². The van der Waals surface area contributed by atoms with Crippen molar-refractivity contribution in [1.82, 2.24) is 15.1 Å². The lowest BCUT2D eigenvalue weighted by Gasteiger charge is -2.10. The minimum atomic E-state index is 0.854. The van der Waals surface area contributed by atoms with Crippen molar-refractivity contribution < 1.29 is 4.74 Å². The summed E-state index contributed by atoms with van der Waals surface area (Å²) in [6.07, 6.45) is 0. The summed E-state index contributed by atoms with van der Waals surface area (Å²) in [5.41, 5.74) is 4.34. The highest BCUT2D eigenvalue weighted by atomic mass is 16.5. The van der Waals surface area contributed by atoms with Gasteiger partial charge in [-0.25, -0.2) is 0 Å². The fraction of sp³-hybridized carbons (Fsp3) is 0.400. The van der Waals surface area contributed by atoms with Crippen LogP contribution in [0.4, 0.5) is 0 Å². The molecule has 19 heavy (non-hydrogen) atoms. The molecule has 0 unspecified atom stereocenters. The molecule has 2 rings (SSSR count). The van der Waals surface area contributed by atoms with Gasteiger partial charge in [-0.15, -0.1) is 0 Å². The molecule has 0 aliphatic heterocycles. The highest BCUT2D eigenvalue weighted by Crippen LogP contribution is 2.30. The van der Waals surface area contributed by atoms with Gasteiger partial charge in [-0.2, -0.15) is 5.10 Å². The molecule has 1 N–H and O–H groups in total. The molecule has 1 heterocycles. The molecule has 0 fully saturated rings. The Labute approximate surface area is 114 Å². The Bertz CT molecular complexity index is 587. The summed E-state index contributed by atoms with van der Waals surface area (Å²) in [5, 5.41) is 7.51. The predicted molar refractivity (Wildman–Crippen MR) is 76.7 cm³/mol. The minimum Gasteiger partial charge on any atom is -0.453 e. The maximum atomic E-state index is 6.02. The Balaban J connectivity index is 2.28. The molecule has 0 spiro atoms. The van der Waals surface area contributed by atoms with E-state index in [1.165, 1.54) is 5.56 Å². The summed E-state index contributed by atoms with van der Waals surface area (Å²) < 4.78 is 7.86. The van der Waals surface area contributed by atoms with E-state index in [2.05, 4.69) is 29.5 Å². The molecule has 0 amide bonds. The van der Waals surface area contributed by atoms with Crippen LogP contribution in [-0.2, 0) is 13.6 Å². The molecular formula is C15H21N3O. The number of ether oxygens (including phenoxy) is 1. The highest BCUT2D eigenvalue weighted by Gasteiger charge is 2.12. The van der Waals surface area contributed by atoms with Crippen molar-refractivity contribution in [2.75, 3.05) is 7.05 Å². The van der Waals surface area contributed by atoms with Crippen molar-refractivity contribution in [2.45, 2.75) is 27.3 Å². The van der Waals surface area contributed by atoms with Crippen molar-refractivity contribution >= 4 is 0 Å². The molecule has 0 aliphatic carbocycles. The van der Waals surface area contributed by atoms with Crippen LogP contribution in [0.25, 0.3) is 0 Å². The van der Waals surface area contributed by atoms with Crippen LogP contribution < -0.4 is 10.1 Å². The molecule has 0 saturated carbocycles. The fourth-order valence-corrected chi connectivity index (χ4v) is 2.15. The van der Waals surface area contributed by atoms with E-state index in [0.717, 1.165) is 35.0 Å². The van der Waals surface area contributed by atoms with Gasteiger partial charge < -0.3 is 10.1 Å². The van der Waals surface area contributed by atoms with E-state index in [-0.39, 0.29) is 0 Å². The van der Waals surface area contributed by atoms with Crippen molar-refractivity contribution in [3.05, 3.63) is 40.7 Å². The highest BCUT2D eigenvalue weighted by molar-refractivity contribution is 5.42. The molecule has 0 atom stereocenters. The second kappa shape index (κ2) is 5.45. The standard InChI is InChI=1S/C15H21N3O/c1-10-8-13(9-16-4)6-7-14(10)19-15-11(2)17-18(5)12(15)3/h6-8,16H,9H2,1-5H3. The Morgan fingerprint density at radius 1 is 1.26 bits per heavy atom. The Morgan fingerprint density at radius 2 is 2.00 bits per heavy atom. The normalized spacial score (nSPS) is 10.8. The minimum absolute atomic E-state index is 0.854. The summed E-state index contributed by atoms with van der Waals surface area (Å²) >= 11 is 0. The van der Waals surface area contributed by atoms with Gasteiger partial charge in [0.05, 0.1) is 5.69 Å². The largest absolute Gasteiger partial charge is 0.453 e. The zero-order chi connectivity index (χ0) is 14.0. The molecule has 0 saturated heterocycles. The van der Waals surface area contributed by atoms with E-state index >= 15 is 0 Å². The fourth-order valence-electron chi connectivity index (χ4n) is 2.15. The SMILES string of the molecule is CNCc1ccc(Oc2c(C)nn(C)c2C)c(C)c1. The number of hydrogen-bond donors (Lipinski definition) is 1. The number of aromatic nitrogens is 2. The number of aryl methyl sites for hydroxylation is 3. The molecule has 0 bridgehead atoms. The number of nitrogens with one attached hydrogen (secondary N) is 1. The van der Waals surface area contributed by atoms with Crippen molar-refractivity contribution in [3.8, 4) is 11.5 Å². The Morgan fingerprint density at radius 3 is 2.53 bits per heavy atom. The van der Waals surface area contributed by atoms with Crippen LogP contribution in [-0.4, -0.2) is 16.8 Å². The van der Waals surface area contributed by atoms with E-state index in [9.17, 15) is 0 Å². The summed E-state index contributed by atoms with van der Waals surface area (Å²) in [6.45, 7) is 6.91. The summed E-state index contributed by atoms with van der Waals surface area (Å²) in [5.74, 6) is 1.74. The van der Waals surface area contributed by atoms with Gasteiger partial charge in [0.15, 0.2) is 5.75 Å². The first kappa shape index (κ1) is 13.6. The zero-order valence-electron chi connectivity index (χ0n) is 12.2. The predicted octanol–water partition coefficient (Wildman–Crippen LogP) is 2.86. The first-order chi connectivity index (χ1) is 9.02. The van der Waals surface area contributed by atoms with E-state index < -0.39 is 0 Å². The van der Waals surface area contributed by atoms with Gasteiger partial charge in [-0.1, -0.05) is 12.1 Å². The smallest absolute Gasteiger partial charge is 0.171 e. The third kappa shape index (κ3) is 2.79. The second-order valence-corrected chi connectivity index (χ2v) is 4.86. The van der Waals surface area contributed by atoms with E-state index in [1.807, 2.05) is 38.7 Å². The number of hydrogen-bond acceptors (Lipinski definition) is 3. The third-order valence-corrected chi connectivity index (χ3v) is 3.27. The lowest BCUT2D eigenvalue weighted by Crippen LogP contribution is -2.05. The monoisotopic (exact) mass is 259 g/mol. The van der Waals surface area contributed by atoms with Gasteiger partial charge in [0.2, 0.25) is 0 Å². The second-order valence-electron chi connectivity index (χ2n) is 4.86. The van der Waals surface area contributed by atoms with Gasteiger partial charge in [0, 0.05) is 13.6 Å². The van der Waals surface area contributed by atoms with Gasteiger partial charge >= 0.3 is 0 Å². The van der Waals surface area contributed by atoms with Crippen LogP contribution >= 0.6 is 0 Å². The summed E-state index contributed by atoms with van der Waals surface area (Å²) in [7, 11) is 3.88. The maximum Gasteiger partial charge on any atom is 0.171 e. The number of nitrogens with zero attached hydrogens (tertiary/aromatic N) is 2. The molecule has 1 aromatic heterocycles. The summed E-state index contributed by atoms with van der Waals surface area (Å²) in [6, 6.07) is 6.25. The van der Waals surface area contributed by atoms with Crippen molar-refractivity contribution in [3.63, 3.8) is 0 Å². The van der Waals surface area contributed by atoms with E-state index in [1.54, 1.807) is 0 Å². The average Bonchev–Trinajstić information content (AvgIpc) is 2.59. The lowest BCUT2D eigenvalue weighted by molar-refractivity contribution is 0.470. The molecule has 0 aliphatic rings. The van der Waals surface area contributed by atoms with Gasteiger partial charge in [0.25, 0.3) is 0 Å². The topological polar surface area (TPSA) is 39.1 Å².